The van der Waals surface area contributed by atoms with Crippen molar-refractivity contribution in [3.05, 3.63) is 30.3 Å². The molecule has 1 atom stereocenters. The van der Waals surface area contributed by atoms with Crippen LogP contribution in [0.15, 0.2) is 35.2 Å². The van der Waals surface area contributed by atoms with Crippen LogP contribution in [0, 0.1) is 5.41 Å². The Hall–Kier alpha value is -2.02. The molecular formula is C19H24N2O4S. The molecular weight excluding hydrogens is 352 g/mol. The van der Waals surface area contributed by atoms with Crippen LogP contribution >= 0.6 is 11.8 Å². The van der Waals surface area contributed by atoms with E-state index in [1.165, 1.54) is 23.6 Å². The van der Waals surface area contributed by atoms with Gasteiger partial charge in [0, 0.05) is 31.5 Å². The summed E-state index contributed by atoms with van der Waals surface area (Å²) in [6.45, 7) is 3.17. The minimum atomic E-state index is -0.935. The summed E-state index contributed by atoms with van der Waals surface area (Å²) in [5, 5.41) is 9.40. The number of aliphatic carboxylic acids is 1. The maximum Gasteiger partial charge on any atom is 0.326 e. The summed E-state index contributed by atoms with van der Waals surface area (Å²) in [5.41, 5.74) is -0.169. The monoisotopic (exact) mass is 376 g/mol. The first-order valence-electron chi connectivity index (χ1n) is 8.86. The molecule has 0 bridgehead atoms. The van der Waals surface area contributed by atoms with E-state index in [0.717, 1.165) is 17.7 Å². The zero-order chi connectivity index (χ0) is 18.7. The van der Waals surface area contributed by atoms with Gasteiger partial charge in [-0.05, 0) is 36.8 Å². The molecule has 3 rings (SSSR count). The fourth-order valence-corrected chi connectivity index (χ4v) is 4.78. The van der Waals surface area contributed by atoms with Gasteiger partial charge in [-0.2, -0.15) is 0 Å². The van der Waals surface area contributed by atoms with Crippen molar-refractivity contribution in [2.75, 3.05) is 25.4 Å². The van der Waals surface area contributed by atoms with Crippen LogP contribution in [0.1, 0.15) is 26.2 Å². The molecule has 2 aliphatic rings. The topological polar surface area (TPSA) is 77.9 Å². The van der Waals surface area contributed by atoms with Crippen molar-refractivity contribution >= 4 is 29.5 Å². The predicted molar refractivity (Wildman–Crippen MR) is 98.8 cm³/mol. The van der Waals surface area contributed by atoms with E-state index in [1.807, 2.05) is 35.2 Å². The molecule has 1 spiro atoms. The lowest BCUT2D eigenvalue weighted by Gasteiger charge is -2.39. The molecule has 1 N–H and O–H groups in total. The molecule has 2 saturated heterocycles. The number of nitrogens with zero attached hydrogens (tertiary/aromatic N) is 2. The standard InChI is InChI=1S/C19H24N2O4S/c1-14(22)21-13-19(11-16(21)18(24)25)7-9-20(10-8-19)17(23)12-26-15-5-3-2-4-6-15/h2-6,16H,7-13H2,1H3,(H,24,25)/t16-/m1/s1. The quantitative estimate of drug-likeness (QED) is 0.814. The van der Waals surface area contributed by atoms with Crippen molar-refractivity contribution in [2.24, 2.45) is 5.41 Å². The fraction of sp³-hybridized carbons (Fsp3) is 0.526. The van der Waals surface area contributed by atoms with E-state index in [-0.39, 0.29) is 17.2 Å². The maximum absolute atomic E-state index is 12.5. The Morgan fingerprint density at radius 2 is 1.85 bits per heavy atom. The summed E-state index contributed by atoms with van der Waals surface area (Å²) in [5.74, 6) is -0.597. The minimum Gasteiger partial charge on any atom is -0.480 e. The van der Waals surface area contributed by atoms with E-state index in [1.54, 1.807) is 0 Å². The van der Waals surface area contributed by atoms with Crippen LogP contribution in [-0.4, -0.2) is 64.1 Å². The van der Waals surface area contributed by atoms with Crippen LogP contribution in [0.3, 0.4) is 0 Å². The van der Waals surface area contributed by atoms with E-state index < -0.39 is 12.0 Å². The molecule has 2 amide bonds. The first-order valence-corrected chi connectivity index (χ1v) is 9.84. The van der Waals surface area contributed by atoms with Crippen molar-refractivity contribution in [3.8, 4) is 0 Å². The zero-order valence-electron chi connectivity index (χ0n) is 14.9. The van der Waals surface area contributed by atoms with Gasteiger partial charge in [-0.1, -0.05) is 18.2 Å². The molecule has 0 unspecified atom stereocenters. The minimum absolute atomic E-state index is 0.116. The molecule has 0 saturated carbocycles. The molecule has 0 aliphatic carbocycles. The van der Waals surface area contributed by atoms with Crippen LogP contribution in [-0.2, 0) is 14.4 Å². The highest BCUT2D eigenvalue weighted by Gasteiger charge is 2.49. The van der Waals surface area contributed by atoms with E-state index >= 15 is 0 Å². The van der Waals surface area contributed by atoms with Crippen molar-refractivity contribution in [1.82, 2.24) is 9.80 Å². The van der Waals surface area contributed by atoms with Crippen LogP contribution in [0.5, 0.6) is 0 Å². The number of carboxylic acid groups (broad SMARTS) is 1. The van der Waals surface area contributed by atoms with E-state index in [0.29, 0.717) is 31.8 Å². The van der Waals surface area contributed by atoms with Crippen LogP contribution in [0.25, 0.3) is 0 Å². The van der Waals surface area contributed by atoms with Gasteiger partial charge in [-0.25, -0.2) is 4.79 Å². The number of piperidine rings is 1. The zero-order valence-corrected chi connectivity index (χ0v) is 15.7. The lowest BCUT2D eigenvalue weighted by molar-refractivity contribution is -0.147. The Balaban J connectivity index is 1.54. The van der Waals surface area contributed by atoms with Gasteiger partial charge < -0.3 is 14.9 Å². The Morgan fingerprint density at radius 1 is 1.19 bits per heavy atom. The number of benzene rings is 1. The molecule has 7 heteroatoms. The highest BCUT2D eigenvalue weighted by Crippen LogP contribution is 2.43. The molecule has 2 fully saturated rings. The third kappa shape index (κ3) is 4.03. The molecule has 2 heterocycles. The summed E-state index contributed by atoms with van der Waals surface area (Å²) in [6.07, 6.45) is 1.99. The van der Waals surface area contributed by atoms with Gasteiger partial charge in [-0.3, -0.25) is 9.59 Å². The summed E-state index contributed by atoms with van der Waals surface area (Å²) < 4.78 is 0. The van der Waals surface area contributed by atoms with Gasteiger partial charge in [0.05, 0.1) is 5.75 Å². The molecule has 26 heavy (non-hydrogen) atoms. The lowest BCUT2D eigenvalue weighted by Crippen LogP contribution is -2.45. The number of carbonyl (C=O) groups is 3. The average molecular weight is 376 g/mol. The van der Waals surface area contributed by atoms with Gasteiger partial charge in [0.15, 0.2) is 0 Å². The first-order chi connectivity index (χ1) is 12.4. The molecule has 1 aromatic rings. The molecule has 2 aliphatic heterocycles. The Morgan fingerprint density at radius 3 is 2.38 bits per heavy atom. The largest absolute Gasteiger partial charge is 0.480 e. The summed E-state index contributed by atoms with van der Waals surface area (Å²) in [7, 11) is 0. The van der Waals surface area contributed by atoms with Crippen LogP contribution in [0.4, 0.5) is 0 Å². The fourth-order valence-electron chi connectivity index (χ4n) is 3.95. The van der Waals surface area contributed by atoms with Gasteiger partial charge in [-0.15, -0.1) is 11.8 Å². The van der Waals surface area contributed by atoms with Crippen molar-refractivity contribution in [2.45, 2.75) is 37.1 Å². The number of hydrogen-bond donors (Lipinski definition) is 1. The summed E-state index contributed by atoms with van der Waals surface area (Å²) >= 11 is 1.53. The number of carbonyl (C=O) groups excluding carboxylic acids is 2. The molecule has 6 nitrogen and oxygen atoms in total. The smallest absolute Gasteiger partial charge is 0.326 e. The second-order valence-electron chi connectivity index (χ2n) is 7.19. The van der Waals surface area contributed by atoms with Crippen molar-refractivity contribution in [1.29, 1.82) is 0 Å². The highest BCUT2D eigenvalue weighted by atomic mass is 32.2. The van der Waals surface area contributed by atoms with Crippen molar-refractivity contribution in [3.63, 3.8) is 0 Å². The SMILES string of the molecule is CC(=O)N1CC2(CCN(C(=O)CSc3ccccc3)CC2)C[C@@H]1C(=O)O. The number of rotatable bonds is 4. The normalized spacial score (nSPS) is 21.8. The molecule has 140 valence electrons. The maximum atomic E-state index is 12.5. The molecule has 0 radical (unpaired) electrons. The predicted octanol–water partition coefficient (Wildman–Crippen LogP) is 2.09. The van der Waals surface area contributed by atoms with Crippen LogP contribution in [0.2, 0.25) is 0 Å². The second kappa shape index (κ2) is 7.70. The van der Waals surface area contributed by atoms with E-state index in [4.69, 9.17) is 0 Å². The average Bonchev–Trinajstić information content (AvgIpc) is 3.01. The number of thioether (sulfide) groups is 1. The first kappa shape index (κ1) is 18.8. The van der Waals surface area contributed by atoms with E-state index in [9.17, 15) is 19.5 Å². The molecule has 0 aromatic heterocycles. The van der Waals surface area contributed by atoms with E-state index in [2.05, 4.69) is 0 Å². The second-order valence-corrected chi connectivity index (χ2v) is 8.24. The Kier molecular flexibility index (Phi) is 5.55. The summed E-state index contributed by atoms with van der Waals surface area (Å²) in [4.78, 5) is 40.1. The van der Waals surface area contributed by atoms with Crippen LogP contribution < -0.4 is 0 Å². The van der Waals surface area contributed by atoms with Gasteiger partial charge in [0.25, 0.3) is 0 Å². The lowest BCUT2D eigenvalue weighted by atomic mass is 9.76. The number of hydrogen-bond acceptors (Lipinski definition) is 4. The number of carboxylic acids is 1. The van der Waals surface area contributed by atoms with Crippen molar-refractivity contribution < 1.29 is 19.5 Å². The van der Waals surface area contributed by atoms with Gasteiger partial charge in [0.2, 0.25) is 11.8 Å². The van der Waals surface area contributed by atoms with Gasteiger partial charge >= 0.3 is 5.97 Å². The number of amides is 2. The third-order valence-electron chi connectivity index (χ3n) is 5.48. The third-order valence-corrected chi connectivity index (χ3v) is 6.48. The summed E-state index contributed by atoms with van der Waals surface area (Å²) in [6, 6.07) is 9.11. The molecule has 1 aromatic carbocycles. The Labute approximate surface area is 157 Å². The van der Waals surface area contributed by atoms with Gasteiger partial charge in [0.1, 0.15) is 6.04 Å². The Bertz CT molecular complexity index is 662. The highest BCUT2D eigenvalue weighted by molar-refractivity contribution is 8.00. The number of likely N-dealkylation sites (tertiary alicyclic amines) is 2.